The lowest BCUT2D eigenvalue weighted by Crippen LogP contribution is -2.47. The van der Waals surface area contributed by atoms with Crippen molar-refractivity contribution in [1.82, 2.24) is 5.32 Å². The molecule has 0 saturated heterocycles. The smallest absolute Gasteiger partial charge is 0.304 e. The van der Waals surface area contributed by atoms with Gasteiger partial charge in [0.2, 0.25) is 5.82 Å². The molecule has 1 aliphatic carbocycles. The van der Waals surface area contributed by atoms with Gasteiger partial charge in [0.25, 0.3) is 0 Å². The third-order valence-electron chi connectivity index (χ3n) is 3.68. The number of nitro benzene ring substituents is 1. The molecule has 5 nitrogen and oxygen atoms in total. The van der Waals surface area contributed by atoms with Crippen LogP contribution in [0, 0.1) is 15.9 Å². The second kappa shape index (κ2) is 5.63. The maximum absolute atomic E-state index is 13.4. The lowest BCUT2D eigenvalue weighted by Gasteiger charge is -2.40. The van der Waals surface area contributed by atoms with E-state index >= 15 is 0 Å². The summed E-state index contributed by atoms with van der Waals surface area (Å²) in [4.78, 5) is 9.78. The normalized spacial score (nSPS) is 16.9. The fraction of sp³-hybridized carbons (Fsp3) is 0.538. The van der Waals surface area contributed by atoms with Crippen LogP contribution < -0.4 is 5.32 Å². The third kappa shape index (κ3) is 3.08. The molecule has 1 fully saturated rings. The first-order chi connectivity index (χ1) is 9.06. The van der Waals surface area contributed by atoms with Gasteiger partial charge in [0, 0.05) is 26.3 Å². The van der Waals surface area contributed by atoms with Crippen LogP contribution >= 0.6 is 0 Å². The molecule has 0 amide bonds. The summed E-state index contributed by atoms with van der Waals surface area (Å²) in [6.07, 6.45) is 3.23. The molecule has 1 aromatic rings. The number of nitro groups is 1. The van der Waals surface area contributed by atoms with Crippen LogP contribution in [0.15, 0.2) is 18.2 Å². The Morgan fingerprint density at radius 2 is 2.26 bits per heavy atom. The second-order valence-electron chi connectivity index (χ2n) is 4.89. The molecule has 0 aliphatic heterocycles. The Hall–Kier alpha value is -1.53. The molecule has 6 heteroatoms. The van der Waals surface area contributed by atoms with E-state index < -0.39 is 16.4 Å². The summed E-state index contributed by atoms with van der Waals surface area (Å²) in [5.41, 5.74) is 0.115. The van der Waals surface area contributed by atoms with Crippen LogP contribution in [-0.2, 0) is 11.3 Å². The molecule has 1 aromatic carbocycles. The Labute approximate surface area is 110 Å². The van der Waals surface area contributed by atoms with Crippen LogP contribution in [0.1, 0.15) is 24.8 Å². The van der Waals surface area contributed by atoms with E-state index in [-0.39, 0.29) is 5.60 Å². The van der Waals surface area contributed by atoms with Gasteiger partial charge in [0.05, 0.1) is 10.5 Å². The molecule has 2 rings (SSSR count). The highest BCUT2D eigenvalue weighted by atomic mass is 19.1. The largest absolute Gasteiger partial charge is 0.377 e. The van der Waals surface area contributed by atoms with Crippen LogP contribution in [0.4, 0.5) is 10.1 Å². The highest BCUT2D eigenvalue weighted by molar-refractivity contribution is 5.34. The summed E-state index contributed by atoms with van der Waals surface area (Å²) in [6, 6.07) is 3.96. The zero-order chi connectivity index (χ0) is 13.9. The van der Waals surface area contributed by atoms with Crippen molar-refractivity contribution in [3.8, 4) is 0 Å². The van der Waals surface area contributed by atoms with Gasteiger partial charge in [-0.25, -0.2) is 0 Å². The van der Waals surface area contributed by atoms with Gasteiger partial charge in [-0.1, -0.05) is 6.07 Å². The second-order valence-corrected chi connectivity index (χ2v) is 4.89. The van der Waals surface area contributed by atoms with Gasteiger partial charge in [0.15, 0.2) is 0 Å². The predicted octanol–water partition coefficient (Wildman–Crippen LogP) is 2.39. The first-order valence-corrected chi connectivity index (χ1v) is 6.25. The number of hydrogen-bond acceptors (Lipinski definition) is 4. The summed E-state index contributed by atoms with van der Waals surface area (Å²) in [5, 5.41) is 13.7. The molecule has 0 aromatic heterocycles. The van der Waals surface area contributed by atoms with Crippen molar-refractivity contribution in [2.75, 3.05) is 13.7 Å². The highest BCUT2D eigenvalue weighted by Crippen LogP contribution is 2.34. The van der Waals surface area contributed by atoms with E-state index in [1.807, 2.05) is 0 Å². The van der Waals surface area contributed by atoms with Crippen molar-refractivity contribution in [2.24, 2.45) is 0 Å². The lowest BCUT2D eigenvalue weighted by atomic mass is 9.80. The first kappa shape index (κ1) is 13.9. The first-order valence-electron chi connectivity index (χ1n) is 6.25. The zero-order valence-electron chi connectivity index (χ0n) is 10.8. The summed E-state index contributed by atoms with van der Waals surface area (Å²) in [5.74, 6) is -0.797. The maximum Gasteiger partial charge on any atom is 0.304 e. The van der Waals surface area contributed by atoms with E-state index in [1.165, 1.54) is 18.6 Å². The fourth-order valence-corrected chi connectivity index (χ4v) is 2.27. The van der Waals surface area contributed by atoms with Crippen LogP contribution in [0.25, 0.3) is 0 Å². The Kier molecular flexibility index (Phi) is 4.11. The molecule has 1 aliphatic rings. The van der Waals surface area contributed by atoms with Crippen molar-refractivity contribution >= 4 is 5.69 Å². The van der Waals surface area contributed by atoms with E-state index in [2.05, 4.69) is 5.32 Å². The Morgan fingerprint density at radius 3 is 2.74 bits per heavy atom. The monoisotopic (exact) mass is 268 g/mol. The molecule has 104 valence electrons. The summed E-state index contributed by atoms with van der Waals surface area (Å²) in [7, 11) is 1.70. The van der Waals surface area contributed by atoms with E-state index in [0.717, 1.165) is 12.8 Å². The summed E-state index contributed by atoms with van der Waals surface area (Å²) >= 11 is 0. The van der Waals surface area contributed by atoms with Crippen molar-refractivity contribution < 1.29 is 14.1 Å². The Bertz CT molecular complexity index is 469. The van der Waals surface area contributed by atoms with Gasteiger partial charge >= 0.3 is 5.69 Å². The summed E-state index contributed by atoms with van der Waals surface area (Å²) < 4.78 is 18.9. The van der Waals surface area contributed by atoms with E-state index in [0.29, 0.717) is 18.7 Å². The minimum atomic E-state index is -0.797. The number of nitrogens with zero attached hydrogens (tertiary/aromatic N) is 1. The molecular formula is C13H17FN2O3. The molecule has 1 saturated carbocycles. The number of hydrogen-bond donors (Lipinski definition) is 1. The number of rotatable bonds is 6. The molecule has 0 unspecified atom stereocenters. The highest BCUT2D eigenvalue weighted by Gasteiger charge is 2.36. The SMILES string of the molecule is COC1(CNCc2ccc([N+](=O)[O-])c(F)c2)CCC1. The van der Waals surface area contributed by atoms with Crippen LogP contribution in [0.2, 0.25) is 0 Å². The number of benzene rings is 1. The number of methoxy groups -OCH3 is 1. The van der Waals surface area contributed by atoms with Gasteiger partial charge in [-0.15, -0.1) is 0 Å². The van der Waals surface area contributed by atoms with E-state index in [1.54, 1.807) is 13.2 Å². The Morgan fingerprint density at radius 1 is 1.53 bits per heavy atom. The van der Waals surface area contributed by atoms with Gasteiger partial charge in [-0.2, -0.15) is 4.39 Å². The minimum Gasteiger partial charge on any atom is -0.377 e. The molecule has 0 atom stereocenters. The summed E-state index contributed by atoms with van der Waals surface area (Å²) in [6.45, 7) is 1.18. The minimum absolute atomic E-state index is 0.0840. The molecule has 1 N–H and O–H groups in total. The number of nitrogens with one attached hydrogen (secondary N) is 1. The van der Waals surface area contributed by atoms with Gasteiger partial charge in [0.1, 0.15) is 0 Å². The van der Waals surface area contributed by atoms with Crippen LogP contribution in [0.5, 0.6) is 0 Å². The van der Waals surface area contributed by atoms with Crippen molar-refractivity contribution in [2.45, 2.75) is 31.4 Å². The van der Waals surface area contributed by atoms with Gasteiger partial charge in [-0.05, 0) is 30.9 Å². The van der Waals surface area contributed by atoms with E-state index in [9.17, 15) is 14.5 Å². The molecule has 0 bridgehead atoms. The number of ether oxygens (including phenoxy) is 1. The van der Waals surface area contributed by atoms with Crippen molar-refractivity contribution in [3.63, 3.8) is 0 Å². The molecule has 0 spiro atoms. The van der Waals surface area contributed by atoms with Gasteiger partial charge in [-0.3, -0.25) is 10.1 Å². The van der Waals surface area contributed by atoms with Crippen LogP contribution in [0.3, 0.4) is 0 Å². The van der Waals surface area contributed by atoms with E-state index in [4.69, 9.17) is 4.74 Å². The standard InChI is InChI=1S/C13H17FN2O3/c1-19-13(5-2-6-13)9-15-8-10-3-4-12(16(17)18)11(14)7-10/h3-4,7,15H,2,5-6,8-9H2,1H3. The predicted molar refractivity (Wildman–Crippen MR) is 68.4 cm³/mol. The third-order valence-corrected chi connectivity index (χ3v) is 3.68. The average Bonchev–Trinajstić information content (AvgIpc) is 2.32. The maximum atomic E-state index is 13.4. The average molecular weight is 268 g/mol. The molecule has 0 heterocycles. The molecular weight excluding hydrogens is 251 g/mol. The van der Waals surface area contributed by atoms with Crippen molar-refractivity contribution in [3.05, 3.63) is 39.7 Å². The Balaban J connectivity index is 1.89. The molecule has 19 heavy (non-hydrogen) atoms. The lowest BCUT2D eigenvalue weighted by molar-refractivity contribution is -0.387. The van der Waals surface area contributed by atoms with Crippen molar-refractivity contribution in [1.29, 1.82) is 0 Å². The molecule has 0 radical (unpaired) electrons. The quantitative estimate of drug-likeness (QED) is 0.635. The van der Waals surface area contributed by atoms with Gasteiger partial charge < -0.3 is 10.1 Å². The number of halogens is 1. The topological polar surface area (TPSA) is 64.4 Å². The van der Waals surface area contributed by atoms with Crippen LogP contribution in [-0.4, -0.2) is 24.2 Å². The fourth-order valence-electron chi connectivity index (χ4n) is 2.27. The zero-order valence-corrected chi connectivity index (χ0v) is 10.8.